The van der Waals surface area contributed by atoms with E-state index in [9.17, 15) is 9.59 Å². The molecular weight excluding hydrogens is 292 g/mol. The molecule has 0 bridgehead atoms. The van der Waals surface area contributed by atoms with Crippen LogP contribution in [0, 0.1) is 6.92 Å². The first-order valence-electron chi connectivity index (χ1n) is 7.88. The minimum Gasteiger partial charge on any atom is -0.334 e. The van der Waals surface area contributed by atoms with E-state index in [0.717, 1.165) is 30.8 Å². The Balaban J connectivity index is 1.69. The van der Waals surface area contributed by atoms with Gasteiger partial charge in [0, 0.05) is 38.0 Å². The summed E-state index contributed by atoms with van der Waals surface area (Å²) in [5.41, 5.74) is 1.63. The number of rotatable bonds is 4. The normalized spacial score (nSPS) is 17.4. The summed E-state index contributed by atoms with van der Waals surface area (Å²) in [5, 5.41) is 0. The van der Waals surface area contributed by atoms with E-state index in [-0.39, 0.29) is 17.5 Å². The molecule has 1 aliphatic heterocycles. The lowest BCUT2D eigenvalue weighted by Gasteiger charge is -2.24. The molecule has 1 fully saturated rings. The van der Waals surface area contributed by atoms with Crippen molar-refractivity contribution in [3.05, 3.63) is 58.5 Å². The Hall–Kier alpha value is -2.50. The van der Waals surface area contributed by atoms with Gasteiger partial charge in [-0.2, -0.15) is 0 Å². The second-order valence-electron chi connectivity index (χ2n) is 5.81. The number of pyridine rings is 1. The van der Waals surface area contributed by atoms with E-state index in [1.54, 1.807) is 35.3 Å². The number of likely N-dealkylation sites (tertiary alicyclic amines) is 1. The van der Waals surface area contributed by atoms with Gasteiger partial charge in [-0.15, -0.1) is 0 Å². The van der Waals surface area contributed by atoms with Gasteiger partial charge in [0.2, 0.25) is 5.91 Å². The van der Waals surface area contributed by atoms with Crippen molar-refractivity contribution in [1.82, 2.24) is 19.4 Å². The highest BCUT2D eigenvalue weighted by Gasteiger charge is 2.30. The number of nitrogens with zero attached hydrogens (tertiary/aromatic N) is 4. The summed E-state index contributed by atoms with van der Waals surface area (Å²) in [6.45, 7) is 3.05. The van der Waals surface area contributed by atoms with E-state index in [0.29, 0.717) is 13.0 Å². The molecule has 0 N–H and O–H groups in total. The van der Waals surface area contributed by atoms with Gasteiger partial charge < -0.3 is 9.47 Å². The van der Waals surface area contributed by atoms with Crippen LogP contribution < -0.4 is 5.56 Å². The summed E-state index contributed by atoms with van der Waals surface area (Å²) in [6, 6.07) is 5.01. The molecule has 1 saturated heterocycles. The molecule has 120 valence electrons. The van der Waals surface area contributed by atoms with E-state index in [2.05, 4.69) is 9.97 Å². The Bertz CT molecular complexity index is 756. The van der Waals surface area contributed by atoms with Crippen LogP contribution >= 0.6 is 0 Å². The predicted octanol–water partition coefficient (Wildman–Crippen LogP) is 1.70. The van der Waals surface area contributed by atoms with E-state index in [1.165, 1.54) is 6.07 Å². The van der Waals surface area contributed by atoms with Crippen molar-refractivity contribution < 1.29 is 4.79 Å². The van der Waals surface area contributed by atoms with Gasteiger partial charge in [-0.05, 0) is 25.8 Å². The molecule has 0 unspecified atom stereocenters. The van der Waals surface area contributed by atoms with Gasteiger partial charge in [0.15, 0.2) is 0 Å². The van der Waals surface area contributed by atoms with Crippen LogP contribution in [0.5, 0.6) is 0 Å². The van der Waals surface area contributed by atoms with Crippen LogP contribution in [0.3, 0.4) is 0 Å². The van der Waals surface area contributed by atoms with Crippen molar-refractivity contribution in [2.24, 2.45) is 0 Å². The molecule has 0 aromatic carbocycles. The van der Waals surface area contributed by atoms with E-state index >= 15 is 0 Å². The SMILES string of the molecule is Cc1cncc([C@@H]2CCCN2C(=O)CCn2ccccc2=O)n1. The second kappa shape index (κ2) is 6.73. The van der Waals surface area contributed by atoms with Crippen molar-refractivity contribution in [3.63, 3.8) is 0 Å². The standard InChI is InChI=1S/C17H20N4O2/c1-13-11-18-12-14(19-13)15-5-4-9-21(15)17(23)7-10-20-8-3-2-6-16(20)22/h2-3,6,8,11-12,15H,4-5,7,9-10H2,1H3/t15-/m0/s1. The fourth-order valence-electron chi connectivity index (χ4n) is 3.02. The first kappa shape index (κ1) is 15.4. The van der Waals surface area contributed by atoms with E-state index < -0.39 is 0 Å². The third-order valence-corrected chi connectivity index (χ3v) is 4.15. The zero-order chi connectivity index (χ0) is 16.2. The predicted molar refractivity (Wildman–Crippen MR) is 85.8 cm³/mol. The summed E-state index contributed by atoms with van der Waals surface area (Å²) in [6.07, 6.45) is 7.37. The van der Waals surface area contributed by atoms with Crippen molar-refractivity contribution >= 4 is 5.91 Å². The number of carbonyl (C=O) groups is 1. The topological polar surface area (TPSA) is 68.1 Å². The number of amides is 1. The fourth-order valence-corrected chi connectivity index (χ4v) is 3.02. The number of aryl methyl sites for hydroxylation is 2. The number of hydrogen-bond donors (Lipinski definition) is 0. The maximum atomic E-state index is 12.6. The monoisotopic (exact) mass is 312 g/mol. The summed E-state index contributed by atoms with van der Waals surface area (Å²) in [7, 11) is 0. The van der Waals surface area contributed by atoms with Gasteiger partial charge in [0.25, 0.3) is 5.56 Å². The lowest BCUT2D eigenvalue weighted by Crippen LogP contribution is -2.32. The minimum atomic E-state index is -0.0807. The van der Waals surface area contributed by atoms with Gasteiger partial charge in [-0.3, -0.25) is 19.6 Å². The average molecular weight is 312 g/mol. The van der Waals surface area contributed by atoms with Crippen LogP contribution in [-0.2, 0) is 11.3 Å². The van der Waals surface area contributed by atoms with Crippen LogP contribution in [0.2, 0.25) is 0 Å². The molecule has 0 spiro atoms. The Morgan fingerprint density at radius 1 is 1.35 bits per heavy atom. The highest BCUT2D eigenvalue weighted by Crippen LogP contribution is 2.31. The largest absolute Gasteiger partial charge is 0.334 e. The van der Waals surface area contributed by atoms with E-state index in [1.807, 2.05) is 11.8 Å². The average Bonchev–Trinajstić information content (AvgIpc) is 3.03. The lowest BCUT2D eigenvalue weighted by molar-refractivity contribution is -0.132. The Labute approximate surface area is 134 Å². The maximum Gasteiger partial charge on any atom is 0.250 e. The quantitative estimate of drug-likeness (QED) is 0.862. The molecule has 3 rings (SSSR count). The summed E-state index contributed by atoms with van der Waals surface area (Å²) < 4.78 is 1.56. The van der Waals surface area contributed by atoms with Gasteiger partial charge in [0.05, 0.1) is 23.6 Å². The van der Waals surface area contributed by atoms with Gasteiger partial charge >= 0.3 is 0 Å². The summed E-state index contributed by atoms with van der Waals surface area (Å²) in [5.74, 6) is 0.0616. The molecule has 23 heavy (non-hydrogen) atoms. The first-order valence-corrected chi connectivity index (χ1v) is 7.88. The molecule has 2 aromatic heterocycles. The molecule has 6 nitrogen and oxygen atoms in total. The van der Waals surface area contributed by atoms with Crippen LogP contribution in [0.15, 0.2) is 41.6 Å². The van der Waals surface area contributed by atoms with Crippen LogP contribution in [0.1, 0.15) is 36.7 Å². The summed E-state index contributed by atoms with van der Waals surface area (Å²) in [4.78, 5) is 34.8. The molecule has 0 saturated carbocycles. The minimum absolute atomic E-state index is 0.00222. The van der Waals surface area contributed by atoms with Crippen LogP contribution in [0.25, 0.3) is 0 Å². The molecule has 3 heterocycles. The first-order chi connectivity index (χ1) is 11.1. The fraction of sp³-hybridized carbons (Fsp3) is 0.412. The lowest BCUT2D eigenvalue weighted by atomic mass is 10.1. The Kier molecular flexibility index (Phi) is 4.50. The number of hydrogen-bond acceptors (Lipinski definition) is 4. The molecule has 1 aliphatic rings. The van der Waals surface area contributed by atoms with Crippen molar-refractivity contribution in [1.29, 1.82) is 0 Å². The van der Waals surface area contributed by atoms with Gasteiger partial charge in [-0.1, -0.05) is 6.07 Å². The van der Waals surface area contributed by atoms with Crippen molar-refractivity contribution in [2.75, 3.05) is 6.54 Å². The van der Waals surface area contributed by atoms with Crippen molar-refractivity contribution in [2.45, 2.75) is 38.8 Å². The smallest absolute Gasteiger partial charge is 0.250 e. The molecule has 6 heteroatoms. The second-order valence-corrected chi connectivity index (χ2v) is 5.81. The number of aromatic nitrogens is 3. The van der Waals surface area contributed by atoms with Crippen LogP contribution in [-0.4, -0.2) is 31.9 Å². The summed E-state index contributed by atoms with van der Waals surface area (Å²) >= 11 is 0. The molecule has 0 aliphatic carbocycles. The highest BCUT2D eigenvalue weighted by atomic mass is 16.2. The number of carbonyl (C=O) groups excluding carboxylic acids is 1. The van der Waals surface area contributed by atoms with Crippen LogP contribution in [0.4, 0.5) is 0 Å². The van der Waals surface area contributed by atoms with Gasteiger partial charge in [-0.25, -0.2) is 0 Å². The van der Waals surface area contributed by atoms with Gasteiger partial charge in [0.1, 0.15) is 0 Å². The zero-order valence-electron chi connectivity index (χ0n) is 13.2. The highest BCUT2D eigenvalue weighted by molar-refractivity contribution is 5.76. The zero-order valence-corrected chi connectivity index (χ0v) is 13.2. The molecular formula is C17H20N4O2. The Morgan fingerprint density at radius 3 is 3.00 bits per heavy atom. The molecule has 1 amide bonds. The third-order valence-electron chi connectivity index (χ3n) is 4.15. The molecule has 1 atom stereocenters. The molecule has 0 radical (unpaired) electrons. The maximum absolute atomic E-state index is 12.6. The van der Waals surface area contributed by atoms with E-state index in [4.69, 9.17) is 0 Å². The Morgan fingerprint density at radius 2 is 2.22 bits per heavy atom. The van der Waals surface area contributed by atoms with Crippen molar-refractivity contribution in [3.8, 4) is 0 Å². The molecule has 2 aromatic rings. The third kappa shape index (κ3) is 3.47.